The molecule has 0 fully saturated rings. The Balaban J connectivity index is 3.18. The molecule has 0 aliphatic carbocycles. The van der Waals surface area contributed by atoms with Crippen molar-refractivity contribution in [1.82, 2.24) is 5.32 Å². The van der Waals surface area contributed by atoms with Crippen molar-refractivity contribution >= 4 is 5.78 Å². The molecule has 0 unspecified atom stereocenters. The molecule has 0 aliphatic rings. The first-order chi connectivity index (χ1) is 9.84. The molecule has 1 N–H and O–H groups in total. The van der Waals surface area contributed by atoms with E-state index in [0.29, 0.717) is 52.1 Å². The summed E-state index contributed by atoms with van der Waals surface area (Å²) < 4.78 is 16.2. The zero-order chi connectivity index (χ0) is 16.1. The van der Waals surface area contributed by atoms with Crippen molar-refractivity contribution in [1.29, 1.82) is 0 Å². The van der Waals surface area contributed by atoms with Crippen LogP contribution in [0.1, 0.15) is 41.0 Å². The van der Waals surface area contributed by atoms with Crippen LogP contribution in [0.3, 0.4) is 0 Å². The van der Waals surface area contributed by atoms with Crippen LogP contribution in [-0.4, -0.2) is 58.0 Å². The van der Waals surface area contributed by atoms with Gasteiger partial charge in [0.25, 0.3) is 0 Å². The van der Waals surface area contributed by atoms with Gasteiger partial charge in [-0.2, -0.15) is 0 Å². The van der Waals surface area contributed by atoms with Gasteiger partial charge in [-0.3, -0.25) is 4.79 Å². The first-order valence-electron chi connectivity index (χ1n) is 7.84. The summed E-state index contributed by atoms with van der Waals surface area (Å²) in [6.45, 7) is 14.3. The third-order valence-corrected chi connectivity index (χ3v) is 2.85. The number of hydrogen-bond acceptors (Lipinski definition) is 5. The molecule has 0 aromatic heterocycles. The van der Waals surface area contributed by atoms with E-state index >= 15 is 0 Å². The molecule has 5 nitrogen and oxygen atoms in total. The van der Waals surface area contributed by atoms with Gasteiger partial charge in [0.15, 0.2) is 0 Å². The van der Waals surface area contributed by atoms with Gasteiger partial charge in [-0.25, -0.2) is 0 Å². The zero-order valence-electron chi connectivity index (χ0n) is 14.4. The van der Waals surface area contributed by atoms with Crippen molar-refractivity contribution in [3.8, 4) is 0 Å². The molecule has 0 aromatic rings. The van der Waals surface area contributed by atoms with E-state index in [1.165, 1.54) is 0 Å². The Morgan fingerprint density at radius 1 is 0.905 bits per heavy atom. The Bertz CT molecular complexity index is 261. The quantitative estimate of drug-likeness (QED) is 0.528. The molecule has 5 heteroatoms. The van der Waals surface area contributed by atoms with E-state index in [9.17, 15) is 4.79 Å². The summed E-state index contributed by atoms with van der Waals surface area (Å²) in [6.07, 6.45) is 0.468. The van der Waals surface area contributed by atoms with Crippen molar-refractivity contribution in [2.75, 3.05) is 46.2 Å². The third-order valence-electron chi connectivity index (χ3n) is 2.85. The number of carbonyl (C=O) groups is 1. The van der Waals surface area contributed by atoms with Crippen LogP contribution < -0.4 is 5.32 Å². The molecule has 0 amide bonds. The molecule has 0 heterocycles. The molecule has 0 aromatic carbocycles. The Morgan fingerprint density at radius 3 is 1.86 bits per heavy atom. The minimum atomic E-state index is -0.276. The highest BCUT2D eigenvalue weighted by atomic mass is 16.5. The van der Waals surface area contributed by atoms with Gasteiger partial charge in [-0.05, 0) is 0 Å². The smallest absolute Gasteiger partial charge is 0.140 e. The van der Waals surface area contributed by atoms with E-state index in [1.54, 1.807) is 0 Å². The Hall–Kier alpha value is -0.490. The maximum absolute atomic E-state index is 11.6. The number of hydrogen-bond donors (Lipinski definition) is 1. The molecule has 0 atom stereocenters. The van der Waals surface area contributed by atoms with Gasteiger partial charge in [0, 0.05) is 24.4 Å². The maximum Gasteiger partial charge on any atom is 0.140 e. The van der Waals surface area contributed by atoms with Gasteiger partial charge in [0.2, 0.25) is 0 Å². The lowest BCUT2D eigenvalue weighted by Gasteiger charge is -2.16. The van der Waals surface area contributed by atoms with E-state index in [-0.39, 0.29) is 11.2 Å². The molecule has 126 valence electrons. The lowest BCUT2D eigenvalue weighted by atomic mass is 9.89. The predicted molar refractivity (Wildman–Crippen MR) is 84.7 cm³/mol. The Labute approximate surface area is 129 Å². The lowest BCUT2D eigenvalue weighted by molar-refractivity contribution is -0.127. The van der Waals surface area contributed by atoms with Crippen LogP contribution in [-0.2, 0) is 19.0 Å². The van der Waals surface area contributed by atoms with Crippen LogP contribution in [0.5, 0.6) is 0 Å². The number of rotatable bonds is 13. The molecule has 0 rings (SSSR count). The molecule has 0 saturated heterocycles. The molecule has 0 aliphatic heterocycles. The summed E-state index contributed by atoms with van der Waals surface area (Å²) in [4.78, 5) is 11.6. The van der Waals surface area contributed by atoms with Crippen LogP contribution in [0, 0.1) is 5.41 Å². The fourth-order valence-corrected chi connectivity index (χ4v) is 1.50. The summed E-state index contributed by atoms with van der Waals surface area (Å²) in [7, 11) is 0. The van der Waals surface area contributed by atoms with Crippen LogP contribution >= 0.6 is 0 Å². The standard InChI is InChI=1S/C16H33NO4/c1-14(2)17-7-9-20-11-13-21-12-10-19-8-6-15(18)16(3,4)5/h14,17H,6-13H2,1-5H3. The summed E-state index contributed by atoms with van der Waals surface area (Å²) >= 11 is 0. The lowest BCUT2D eigenvalue weighted by Crippen LogP contribution is -2.27. The first-order valence-corrected chi connectivity index (χ1v) is 7.84. The molecular weight excluding hydrogens is 270 g/mol. The second-order valence-corrected chi connectivity index (χ2v) is 6.37. The molecule has 0 spiro atoms. The number of ketones is 1. The normalized spacial score (nSPS) is 12.1. The number of carbonyl (C=O) groups excluding carboxylic acids is 1. The van der Waals surface area contributed by atoms with Crippen molar-refractivity contribution in [3.05, 3.63) is 0 Å². The first kappa shape index (κ1) is 20.5. The van der Waals surface area contributed by atoms with Crippen LogP contribution in [0.2, 0.25) is 0 Å². The van der Waals surface area contributed by atoms with Gasteiger partial charge < -0.3 is 19.5 Å². The molecule has 0 bridgehead atoms. The minimum absolute atomic E-state index is 0.229. The topological polar surface area (TPSA) is 56.8 Å². The molecule has 0 saturated carbocycles. The highest BCUT2D eigenvalue weighted by Crippen LogP contribution is 2.16. The van der Waals surface area contributed by atoms with E-state index in [1.807, 2.05) is 20.8 Å². The molecule has 0 radical (unpaired) electrons. The highest BCUT2D eigenvalue weighted by molar-refractivity contribution is 5.83. The Morgan fingerprint density at radius 2 is 1.38 bits per heavy atom. The maximum atomic E-state index is 11.6. The summed E-state index contributed by atoms with van der Waals surface area (Å²) in [6, 6.07) is 0.493. The summed E-state index contributed by atoms with van der Waals surface area (Å²) in [5, 5.41) is 3.28. The number of ether oxygens (including phenoxy) is 3. The minimum Gasteiger partial charge on any atom is -0.379 e. The van der Waals surface area contributed by atoms with Crippen molar-refractivity contribution in [2.24, 2.45) is 5.41 Å². The van der Waals surface area contributed by atoms with Gasteiger partial charge in [-0.1, -0.05) is 34.6 Å². The second kappa shape index (κ2) is 12.1. The SMILES string of the molecule is CC(C)NCCOCCOCCOCCC(=O)C(C)(C)C. The Kier molecular flexibility index (Phi) is 11.8. The predicted octanol–water partition coefficient (Wildman–Crippen LogP) is 2.04. The zero-order valence-corrected chi connectivity index (χ0v) is 14.4. The largest absolute Gasteiger partial charge is 0.379 e. The van der Waals surface area contributed by atoms with Crippen molar-refractivity contribution in [2.45, 2.75) is 47.1 Å². The van der Waals surface area contributed by atoms with Crippen molar-refractivity contribution in [3.63, 3.8) is 0 Å². The van der Waals surface area contributed by atoms with E-state index in [2.05, 4.69) is 19.2 Å². The van der Waals surface area contributed by atoms with Crippen LogP contribution in [0.25, 0.3) is 0 Å². The second-order valence-electron chi connectivity index (χ2n) is 6.37. The monoisotopic (exact) mass is 303 g/mol. The number of Topliss-reactive ketones (excluding diaryl/α,β-unsaturated/α-hetero) is 1. The van der Waals surface area contributed by atoms with Crippen LogP contribution in [0.15, 0.2) is 0 Å². The van der Waals surface area contributed by atoms with E-state index in [4.69, 9.17) is 14.2 Å². The summed E-state index contributed by atoms with van der Waals surface area (Å²) in [5.41, 5.74) is -0.276. The molecule has 21 heavy (non-hydrogen) atoms. The van der Waals surface area contributed by atoms with Crippen LogP contribution in [0.4, 0.5) is 0 Å². The van der Waals surface area contributed by atoms with Gasteiger partial charge in [0.1, 0.15) is 5.78 Å². The van der Waals surface area contributed by atoms with Gasteiger partial charge >= 0.3 is 0 Å². The summed E-state index contributed by atoms with van der Waals surface area (Å²) in [5.74, 6) is 0.229. The average molecular weight is 303 g/mol. The molecular formula is C16H33NO4. The fourth-order valence-electron chi connectivity index (χ4n) is 1.50. The average Bonchev–Trinajstić information content (AvgIpc) is 2.38. The van der Waals surface area contributed by atoms with E-state index in [0.717, 1.165) is 6.54 Å². The van der Waals surface area contributed by atoms with Gasteiger partial charge in [0.05, 0.1) is 39.6 Å². The van der Waals surface area contributed by atoms with Gasteiger partial charge in [-0.15, -0.1) is 0 Å². The van der Waals surface area contributed by atoms with E-state index < -0.39 is 0 Å². The number of nitrogens with one attached hydrogen (secondary N) is 1. The third kappa shape index (κ3) is 14.2. The fraction of sp³-hybridized carbons (Fsp3) is 0.938. The van der Waals surface area contributed by atoms with Crippen molar-refractivity contribution < 1.29 is 19.0 Å². The highest BCUT2D eigenvalue weighted by Gasteiger charge is 2.20.